The lowest BCUT2D eigenvalue weighted by molar-refractivity contribution is 0.0792. The number of hydrogen-bond acceptors (Lipinski definition) is 4. The molecule has 0 bridgehead atoms. The van der Waals surface area contributed by atoms with E-state index in [0.717, 1.165) is 25.9 Å². The van der Waals surface area contributed by atoms with Crippen molar-refractivity contribution in [2.75, 3.05) is 31.6 Å². The zero-order valence-corrected chi connectivity index (χ0v) is 15.4. The molecule has 2 aromatic rings. The van der Waals surface area contributed by atoms with Crippen molar-refractivity contribution in [3.63, 3.8) is 0 Å². The number of carbonyl (C=O) groups excluding carboxylic acids is 2. The van der Waals surface area contributed by atoms with Crippen molar-refractivity contribution in [1.29, 1.82) is 0 Å². The van der Waals surface area contributed by atoms with E-state index in [2.05, 4.69) is 5.32 Å². The zero-order valence-electron chi connectivity index (χ0n) is 14.7. The third-order valence-electron chi connectivity index (χ3n) is 4.64. The highest BCUT2D eigenvalue weighted by Crippen LogP contribution is 2.38. The van der Waals surface area contributed by atoms with E-state index in [4.69, 9.17) is 21.1 Å². The Kier molecular flexibility index (Phi) is 4.90. The standard InChI is InChI=1S/C20H19ClN2O4/c21-16-11-14(12-17-18(16)27-10-9-26-17)19(24)22-15-5-3-13(4-6-15)20(25)23-7-1-2-8-23/h3-6,11-12H,1-2,7-10H2,(H,22,24). The van der Waals surface area contributed by atoms with Crippen LogP contribution in [-0.2, 0) is 0 Å². The van der Waals surface area contributed by atoms with Gasteiger partial charge in [0.2, 0.25) is 0 Å². The minimum Gasteiger partial charge on any atom is -0.486 e. The summed E-state index contributed by atoms with van der Waals surface area (Å²) < 4.78 is 11.0. The minimum absolute atomic E-state index is 0.0315. The first-order valence-corrected chi connectivity index (χ1v) is 9.29. The van der Waals surface area contributed by atoms with Crippen molar-refractivity contribution in [1.82, 2.24) is 4.90 Å². The van der Waals surface area contributed by atoms with E-state index in [1.165, 1.54) is 0 Å². The number of fused-ring (bicyclic) bond motifs is 1. The maximum Gasteiger partial charge on any atom is 0.255 e. The topological polar surface area (TPSA) is 67.9 Å². The summed E-state index contributed by atoms with van der Waals surface area (Å²) in [5.41, 5.74) is 1.60. The molecule has 2 heterocycles. The smallest absolute Gasteiger partial charge is 0.255 e. The van der Waals surface area contributed by atoms with Crippen LogP contribution in [0.25, 0.3) is 0 Å². The number of nitrogens with zero attached hydrogens (tertiary/aromatic N) is 1. The summed E-state index contributed by atoms with van der Waals surface area (Å²) in [6.45, 7) is 2.46. The van der Waals surface area contributed by atoms with Gasteiger partial charge in [-0.1, -0.05) is 11.6 Å². The maximum absolute atomic E-state index is 12.5. The molecule has 2 aromatic carbocycles. The van der Waals surface area contributed by atoms with Crippen LogP contribution >= 0.6 is 11.6 Å². The molecule has 0 unspecified atom stereocenters. The fourth-order valence-electron chi connectivity index (χ4n) is 3.24. The van der Waals surface area contributed by atoms with E-state index in [-0.39, 0.29) is 11.8 Å². The predicted molar refractivity (Wildman–Crippen MR) is 102 cm³/mol. The second-order valence-electron chi connectivity index (χ2n) is 6.51. The van der Waals surface area contributed by atoms with Gasteiger partial charge in [-0.05, 0) is 49.2 Å². The fourth-order valence-corrected chi connectivity index (χ4v) is 3.51. The summed E-state index contributed by atoms with van der Waals surface area (Å²) in [5, 5.41) is 3.15. The Morgan fingerprint density at radius 1 is 0.963 bits per heavy atom. The first-order valence-electron chi connectivity index (χ1n) is 8.91. The number of carbonyl (C=O) groups is 2. The number of rotatable bonds is 3. The quantitative estimate of drug-likeness (QED) is 0.875. The molecule has 0 saturated carbocycles. The predicted octanol–water partition coefficient (Wildman–Crippen LogP) is 3.60. The van der Waals surface area contributed by atoms with Crippen LogP contribution in [0.2, 0.25) is 5.02 Å². The number of anilines is 1. The molecule has 0 atom stereocenters. The average Bonchev–Trinajstić information content (AvgIpc) is 3.23. The first kappa shape index (κ1) is 17.7. The van der Waals surface area contributed by atoms with E-state index >= 15 is 0 Å². The average molecular weight is 387 g/mol. The lowest BCUT2D eigenvalue weighted by Gasteiger charge is -2.20. The molecular formula is C20H19ClN2O4. The van der Waals surface area contributed by atoms with Crippen LogP contribution in [0.1, 0.15) is 33.6 Å². The molecule has 4 rings (SSSR count). The summed E-state index contributed by atoms with van der Waals surface area (Å²) >= 11 is 6.19. The van der Waals surface area contributed by atoms with E-state index < -0.39 is 0 Å². The van der Waals surface area contributed by atoms with Gasteiger partial charge in [-0.2, -0.15) is 0 Å². The van der Waals surface area contributed by atoms with Crippen molar-refractivity contribution in [3.8, 4) is 11.5 Å². The van der Waals surface area contributed by atoms with Crippen molar-refractivity contribution in [2.24, 2.45) is 0 Å². The van der Waals surface area contributed by atoms with Gasteiger partial charge in [0.15, 0.2) is 11.5 Å². The van der Waals surface area contributed by atoms with Gasteiger partial charge in [0, 0.05) is 29.9 Å². The number of hydrogen-bond donors (Lipinski definition) is 1. The molecule has 1 N–H and O–H groups in total. The number of halogens is 1. The number of ether oxygens (including phenoxy) is 2. The van der Waals surface area contributed by atoms with Crippen molar-refractivity contribution < 1.29 is 19.1 Å². The summed E-state index contributed by atoms with van der Waals surface area (Å²) in [6.07, 6.45) is 2.11. The molecule has 2 amide bonds. The molecule has 0 aromatic heterocycles. The van der Waals surface area contributed by atoms with Gasteiger partial charge in [0.05, 0.1) is 5.02 Å². The Bertz CT molecular complexity index is 876. The molecule has 6 nitrogen and oxygen atoms in total. The van der Waals surface area contributed by atoms with Crippen LogP contribution in [0.5, 0.6) is 11.5 Å². The Balaban J connectivity index is 1.46. The van der Waals surface area contributed by atoms with Crippen LogP contribution in [-0.4, -0.2) is 43.0 Å². The Labute approximate surface area is 162 Å². The van der Waals surface area contributed by atoms with Crippen LogP contribution in [0.15, 0.2) is 36.4 Å². The molecule has 140 valence electrons. The van der Waals surface area contributed by atoms with E-state index in [1.807, 2.05) is 4.90 Å². The summed E-state index contributed by atoms with van der Waals surface area (Å²) in [7, 11) is 0. The largest absolute Gasteiger partial charge is 0.486 e. The van der Waals surface area contributed by atoms with Gasteiger partial charge in [-0.3, -0.25) is 9.59 Å². The fraction of sp³-hybridized carbons (Fsp3) is 0.300. The molecule has 0 radical (unpaired) electrons. The van der Waals surface area contributed by atoms with Gasteiger partial charge >= 0.3 is 0 Å². The summed E-state index contributed by atoms with van der Waals surface area (Å²) in [6, 6.07) is 10.1. The molecule has 1 fully saturated rings. The van der Waals surface area contributed by atoms with Crippen molar-refractivity contribution in [3.05, 3.63) is 52.5 Å². The Morgan fingerprint density at radius 3 is 2.41 bits per heavy atom. The molecule has 0 spiro atoms. The maximum atomic E-state index is 12.5. The van der Waals surface area contributed by atoms with E-state index in [1.54, 1.807) is 36.4 Å². The number of likely N-dealkylation sites (tertiary alicyclic amines) is 1. The van der Waals surface area contributed by atoms with Crippen LogP contribution in [0, 0.1) is 0 Å². The normalized spacial score (nSPS) is 15.5. The van der Waals surface area contributed by atoms with Gasteiger partial charge < -0.3 is 19.7 Å². The molecule has 2 aliphatic rings. The lowest BCUT2D eigenvalue weighted by Crippen LogP contribution is -2.27. The highest BCUT2D eigenvalue weighted by atomic mass is 35.5. The summed E-state index contributed by atoms with van der Waals surface area (Å²) in [4.78, 5) is 26.8. The SMILES string of the molecule is O=C(Nc1ccc(C(=O)N2CCCC2)cc1)c1cc(Cl)c2c(c1)OCCO2. The van der Waals surface area contributed by atoms with Gasteiger partial charge in [-0.25, -0.2) is 0 Å². The Morgan fingerprint density at radius 2 is 1.67 bits per heavy atom. The summed E-state index contributed by atoms with van der Waals surface area (Å²) in [5.74, 6) is 0.645. The highest BCUT2D eigenvalue weighted by molar-refractivity contribution is 6.32. The van der Waals surface area contributed by atoms with Crippen LogP contribution < -0.4 is 14.8 Å². The first-order chi connectivity index (χ1) is 13.1. The molecule has 1 saturated heterocycles. The lowest BCUT2D eigenvalue weighted by atomic mass is 10.1. The number of amides is 2. The minimum atomic E-state index is -0.313. The van der Waals surface area contributed by atoms with Crippen LogP contribution in [0.4, 0.5) is 5.69 Å². The third kappa shape index (κ3) is 3.71. The number of nitrogens with one attached hydrogen (secondary N) is 1. The second-order valence-corrected chi connectivity index (χ2v) is 6.92. The Hall–Kier alpha value is -2.73. The molecular weight excluding hydrogens is 368 g/mol. The molecule has 0 aliphatic carbocycles. The van der Waals surface area contributed by atoms with Crippen molar-refractivity contribution >= 4 is 29.1 Å². The third-order valence-corrected chi connectivity index (χ3v) is 4.92. The zero-order chi connectivity index (χ0) is 18.8. The van der Waals surface area contributed by atoms with Crippen molar-refractivity contribution in [2.45, 2.75) is 12.8 Å². The monoisotopic (exact) mass is 386 g/mol. The van der Waals surface area contributed by atoms with Crippen LogP contribution in [0.3, 0.4) is 0 Å². The highest BCUT2D eigenvalue weighted by Gasteiger charge is 2.21. The molecule has 7 heteroatoms. The molecule has 27 heavy (non-hydrogen) atoms. The second kappa shape index (κ2) is 7.48. The van der Waals surface area contributed by atoms with E-state index in [9.17, 15) is 9.59 Å². The van der Waals surface area contributed by atoms with E-state index in [0.29, 0.717) is 46.5 Å². The van der Waals surface area contributed by atoms with Gasteiger partial charge in [0.1, 0.15) is 13.2 Å². The molecule has 2 aliphatic heterocycles. The number of benzene rings is 2. The van der Waals surface area contributed by atoms with Gasteiger partial charge in [0.25, 0.3) is 11.8 Å². The van der Waals surface area contributed by atoms with Gasteiger partial charge in [-0.15, -0.1) is 0 Å².